The standard InChI is InChI=1S/C10H18N2O4/c1-8(2)9(14)16-7-5-12-10(15)11-4-3-6-13/h13H,1,3-7H2,2H3,(H2,11,12,15). The minimum absolute atomic E-state index is 0.0382. The second-order valence-electron chi connectivity index (χ2n) is 3.18. The molecule has 3 N–H and O–H groups in total. The first-order valence-electron chi connectivity index (χ1n) is 5.03. The van der Waals surface area contributed by atoms with Gasteiger partial charge in [-0.3, -0.25) is 0 Å². The first-order chi connectivity index (χ1) is 7.57. The Morgan fingerprint density at radius 1 is 1.31 bits per heavy atom. The number of hydrogen-bond acceptors (Lipinski definition) is 4. The van der Waals surface area contributed by atoms with Gasteiger partial charge >= 0.3 is 12.0 Å². The number of aliphatic hydroxyl groups is 1. The predicted octanol–water partition coefficient (Wildman–Crippen LogP) is -0.213. The summed E-state index contributed by atoms with van der Waals surface area (Å²) in [5.41, 5.74) is 0.326. The van der Waals surface area contributed by atoms with Gasteiger partial charge in [-0.25, -0.2) is 9.59 Å². The molecule has 6 heteroatoms. The van der Waals surface area contributed by atoms with Crippen molar-refractivity contribution in [3.05, 3.63) is 12.2 Å². The van der Waals surface area contributed by atoms with Gasteiger partial charge < -0.3 is 20.5 Å². The molecule has 0 aromatic carbocycles. The topological polar surface area (TPSA) is 87.7 Å². The summed E-state index contributed by atoms with van der Waals surface area (Å²) in [6, 6.07) is -0.347. The minimum Gasteiger partial charge on any atom is -0.460 e. The highest BCUT2D eigenvalue weighted by molar-refractivity contribution is 5.86. The van der Waals surface area contributed by atoms with Crippen molar-refractivity contribution in [3.8, 4) is 0 Å². The lowest BCUT2D eigenvalue weighted by Gasteiger charge is -2.07. The van der Waals surface area contributed by atoms with Crippen LogP contribution in [0.4, 0.5) is 4.79 Å². The third-order valence-corrected chi connectivity index (χ3v) is 1.59. The Morgan fingerprint density at radius 3 is 2.50 bits per heavy atom. The number of nitrogens with one attached hydrogen (secondary N) is 2. The van der Waals surface area contributed by atoms with Gasteiger partial charge in [0.15, 0.2) is 0 Å². The molecule has 16 heavy (non-hydrogen) atoms. The quantitative estimate of drug-likeness (QED) is 0.321. The number of hydrogen-bond donors (Lipinski definition) is 3. The Balaban J connectivity index is 3.41. The molecule has 0 radical (unpaired) electrons. The van der Waals surface area contributed by atoms with E-state index in [2.05, 4.69) is 17.2 Å². The lowest BCUT2D eigenvalue weighted by atomic mass is 10.4. The summed E-state index contributed by atoms with van der Waals surface area (Å²) in [5.74, 6) is -0.470. The molecular formula is C10H18N2O4. The molecule has 0 bridgehead atoms. The van der Waals surface area contributed by atoms with Crippen LogP contribution in [0, 0.1) is 0 Å². The van der Waals surface area contributed by atoms with E-state index in [1.165, 1.54) is 0 Å². The highest BCUT2D eigenvalue weighted by Crippen LogP contribution is 1.90. The van der Waals surface area contributed by atoms with Crippen molar-refractivity contribution in [2.75, 3.05) is 26.3 Å². The molecule has 0 fully saturated rings. The molecule has 0 aromatic rings. The summed E-state index contributed by atoms with van der Waals surface area (Å²) < 4.78 is 4.76. The molecule has 0 heterocycles. The Kier molecular flexibility index (Phi) is 7.87. The maximum absolute atomic E-state index is 11.0. The van der Waals surface area contributed by atoms with Crippen LogP contribution in [0.1, 0.15) is 13.3 Å². The Hall–Kier alpha value is -1.56. The van der Waals surface area contributed by atoms with Crippen LogP contribution < -0.4 is 10.6 Å². The van der Waals surface area contributed by atoms with E-state index in [-0.39, 0.29) is 25.8 Å². The van der Waals surface area contributed by atoms with Gasteiger partial charge in [0.05, 0.1) is 6.54 Å². The Bertz CT molecular complexity index is 253. The number of esters is 1. The molecule has 2 amide bonds. The molecule has 0 unspecified atom stereocenters. The molecule has 92 valence electrons. The summed E-state index contributed by atoms with van der Waals surface area (Å²) in [5, 5.41) is 13.5. The van der Waals surface area contributed by atoms with Crippen LogP contribution in [0.3, 0.4) is 0 Å². The number of ether oxygens (including phenoxy) is 1. The summed E-state index contributed by atoms with van der Waals surface area (Å²) in [7, 11) is 0. The molecule has 0 aliphatic rings. The second-order valence-corrected chi connectivity index (χ2v) is 3.18. The highest BCUT2D eigenvalue weighted by Gasteiger charge is 2.03. The van der Waals surface area contributed by atoms with E-state index < -0.39 is 5.97 Å². The van der Waals surface area contributed by atoms with Crippen LogP contribution in [0.25, 0.3) is 0 Å². The lowest BCUT2D eigenvalue weighted by molar-refractivity contribution is -0.138. The van der Waals surface area contributed by atoms with Gasteiger partial charge in [0, 0.05) is 18.7 Å². The number of carbonyl (C=O) groups is 2. The summed E-state index contributed by atoms with van der Waals surface area (Å²) >= 11 is 0. The zero-order chi connectivity index (χ0) is 12.4. The van der Waals surface area contributed by atoms with Crippen molar-refractivity contribution < 1.29 is 19.4 Å². The summed E-state index contributed by atoms with van der Waals surface area (Å²) in [6.45, 7) is 5.77. The summed E-state index contributed by atoms with van der Waals surface area (Å²) in [4.78, 5) is 22.0. The SMILES string of the molecule is C=C(C)C(=O)OCCNC(=O)NCCCO. The Labute approximate surface area is 94.7 Å². The second kappa shape index (κ2) is 8.72. The largest absolute Gasteiger partial charge is 0.460 e. The monoisotopic (exact) mass is 230 g/mol. The number of amides is 2. The van der Waals surface area contributed by atoms with Crippen LogP contribution in [0.15, 0.2) is 12.2 Å². The van der Waals surface area contributed by atoms with Crippen molar-refractivity contribution in [2.24, 2.45) is 0 Å². The van der Waals surface area contributed by atoms with E-state index in [0.717, 1.165) is 0 Å². The molecule has 0 spiro atoms. The van der Waals surface area contributed by atoms with Gasteiger partial charge in [-0.05, 0) is 13.3 Å². The van der Waals surface area contributed by atoms with E-state index in [0.29, 0.717) is 18.5 Å². The lowest BCUT2D eigenvalue weighted by Crippen LogP contribution is -2.38. The molecule has 0 atom stereocenters. The first kappa shape index (κ1) is 14.4. The van der Waals surface area contributed by atoms with E-state index in [4.69, 9.17) is 9.84 Å². The van der Waals surface area contributed by atoms with Crippen LogP contribution in [-0.4, -0.2) is 43.4 Å². The fraction of sp³-hybridized carbons (Fsp3) is 0.600. The molecule has 0 rings (SSSR count). The minimum atomic E-state index is -0.470. The maximum Gasteiger partial charge on any atom is 0.333 e. The van der Waals surface area contributed by atoms with Crippen LogP contribution in [-0.2, 0) is 9.53 Å². The van der Waals surface area contributed by atoms with E-state index in [1.807, 2.05) is 0 Å². The smallest absolute Gasteiger partial charge is 0.333 e. The van der Waals surface area contributed by atoms with Crippen molar-refractivity contribution >= 4 is 12.0 Å². The fourth-order valence-corrected chi connectivity index (χ4v) is 0.775. The normalized spacial score (nSPS) is 9.38. The van der Waals surface area contributed by atoms with Crippen molar-refractivity contribution in [2.45, 2.75) is 13.3 Å². The molecule has 0 saturated heterocycles. The van der Waals surface area contributed by atoms with Gasteiger partial charge in [-0.15, -0.1) is 0 Å². The van der Waals surface area contributed by atoms with E-state index in [1.54, 1.807) is 6.92 Å². The molecule has 0 aliphatic carbocycles. The molecule has 0 aromatic heterocycles. The predicted molar refractivity (Wildman–Crippen MR) is 58.9 cm³/mol. The molecule has 0 saturated carbocycles. The van der Waals surface area contributed by atoms with Gasteiger partial charge in [0.2, 0.25) is 0 Å². The average Bonchev–Trinajstić information content (AvgIpc) is 2.24. The van der Waals surface area contributed by atoms with Gasteiger partial charge in [0.25, 0.3) is 0 Å². The Morgan fingerprint density at radius 2 is 1.94 bits per heavy atom. The maximum atomic E-state index is 11.0. The van der Waals surface area contributed by atoms with Crippen molar-refractivity contribution in [3.63, 3.8) is 0 Å². The molecule has 0 aliphatic heterocycles. The third-order valence-electron chi connectivity index (χ3n) is 1.59. The fourth-order valence-electron chi connectivity index (χ4n) is 0.775. The van der Waals surface area contributed by atoms with Crippen LogP contribution in [0.5, 0.6) is 0 Å². The molecular weight excluding hydrogens is 212 g/mol. The average molecular weight is 230 g/mol. The van der Waals surface area contributed by atoms with Crippen molar-refractivity contribution in [1.82, 2.24) is 10.6 Å². The highest BCUT2D eigenvalue weighted by atomic mass is 16.5. The first-order valence-corrected chi connectivity index (χ1v) is 5.03. The zero-order valence-corrected chi connectivity index (χ0v) is 9.41. The number of aliphatic hydroxyl groups excluding tert-OH is 1. The van der Waals surface area contributed by atoms with Gasteiger partial charge in [0.1, 0.15) is 6.61 Å². The number of rotatable bonds is 7. The van der Waals surface area contributed by atoms with E-state index in [9.17, 15) is 9.59 Å². The summed E-state index contributed by atoms with van der Waals surface area (Å²) in [6.07, 6.45) is 0.512. The third kappa shape index (κ3) is 7.81. The van der Waals surface area contributed by atoms with Crippen LogP contribution >= 0.6 is 0 Å². The number of urea groups is 1. The van der Waals surface area contributed by atoms with Crippen molar-refractivity contribution in [1.29, 1.82) is 0 Å². The van der Waals surface area contributed by atoms with Crippen LogP contribution in [0.2, 0.25) is 0 Å². The van der Waals surface area contributed by atoms with E-state index >= 15 is 0 Å². The van der Waals surface area contributed by atoms with Gasteiger partial charge in [-0.2, -0.15) is 0 Å². The number of carbonyl (C=O) groups excluding carboxylic acids is 2. The van der Waals surface area contributed by atoms with Gasteiger partial charge in [-0.1, -0.05) is 6.58 Å². The molecule has 6 nitrogen and oxygen atoms in total. The zero-order valence-electron chi connectivity index (χ0n) is 9.41.